The van der Waals surface area contributed by atoms with E-state index in [0.717, 1.165) is 31.2 Å². The Kier molecular flexibility index (Phi) is 36.0. The molecule has 0 spiro atoms. The molecule has 0 fully saturated rings. The topological polar surface area (TPSA) is 317 Å². The fourth-order valence-electron chi connectivity index (χ4n) is 10.0. The van der Waals surface area contributed by atoms with Crippen LogP contribution in [0.2, 0.25) is 15.1 Å². The van der Waals surface area contributed by atoms with Gasteiger partial charge in [0.2, 0.25) is 41.7 Å². The fraction of sp³-hybridized carbons (Fsp3) is 0.292. The molecule has 6 aromatic carbocycles. The van der Waals surface area contributed by atoms with Gasteiger partial charge in [-0.25, -0.2) is 69.8 Å². The molecule has 9 aromatic rings. The molecule has 3 aromatic heterocycles. The predicted octanol–water partition coefficient (Wildman–Crippen LogP) is 12.9. The molecule has 0 bridgehead atoms. The van der Waals surface area contributed by atoms with Crippen LogP contribution in [0, 0.1) is 23.3 Å². The van der Waals surface area contributed by atoms with Gasteiger partial charge in [-0.2, -0.15) is 5.06 Å². The molecule has 0 aliphatic carbocycles. The first kappa shape index (κ1) is 88.5. The van der Waals surface area contributed by atoms with Gasteiger partial charge in [0.15, 0.2) is 5.76 Å². The molecule has 0 aliphatic heterocycles. The van der Waals surface area contributed by atoms with Crippen LogP contribution in [0.4, 0.5) is 71.1 Å². The molecular weight excluding hydrogens is 1560 g/mol. The SMILES string of the molecule is CC(=O)N(NCc1cccc(F)c1Cl)[C@@H](CNCC(F)F)COC(=O)Nc1cc(-c2cccc(F)c2)no1.CC(=O)N(NCc1cccc(F)c1Cl)[C@@H](CNCC(F)F)COC(=O)Nc1cc(-c2ccccc2)no1.CC(=O)N(NCc1cccc(F)c1Cl)[C@@H](CNCC(F)F)CON(C=O)c1cc(-c2ccccc2)on1. The number of hydrogen-bond acceptors (Lipinski definition) is 21. The number of nitrogens with zero attached hydrogens (tertiary/aromatic N) is 7. The quantitative estimate of drug-likeness (QED) is 0.0101. The summed E-state index contributed by atoms with van der Waals surface area (Å²) in [6.07, 6.45) is -9.43. The molecule has 3 heterocycles. The standard InChI is InChI=1S/C24H24ClF4N5O4.2C24H25ClF3N5O4/c1-14(35)34(31-10-16-5-3-7-19(27)23(16)25)18(11-30-12-21(28)29)13-37-24(36)32-22-9-20(33-38-22)15-4-2-6-17(26)8-15;1-16(35)33(30-11-18-8-5-9-20(26)24(18)25)19(12-29-13-22(27)28)14-36-32(15-34)23-10-21(37-31-23)17-6-3-2-4-7-17;1-15(34)33(30-11-17-8-5-9-19(26)23(17)25)18(12-29-13-21(27)28)14-36-24(35)31-22-10-20(32-37-22)16-6-3-2-4-7-16/h2-9,18,21,30-31H,10-13H2,1H3,(H,32,36);2-10,15,19,22,29-30H,11-14H2,1H3;2-10,18,21,29-30H,11-14H2,1H3,(H,31,35)/t18-;19-;18-/m000/s1. The summed E-state index contributed by atoms with van der Waals surface area (Å²) in [5.74, 6) is -3.53. The lowest BCUT2D eigenvalue weighted by molar-refractivity contribution is -0.138. The van der Waals surface area contributed by atoms with E-state index >= 15 is 0 Å². The second-order valence-electron chi connectivity index (χ2n) is 23.5. The first-order chi connectivity index (χ1) is 53.7. The lowest BCUT2D eigenvalue weighted by Crippen LogP contribution is -2.55. The number of benzene rings is 6. The Hall–Kier alpha value is -10.7. The van der Waals surface area contributed by atoms with Crippen molar-refractivity contribution in [2.45, 2.75) is 77.8 Å². The van der Waals surface area contributed by atoms with Crippen molar-refractivity contribution < 1.29 is 101 Å². The number of hydrogen-bond donors (Lipinski definition) is 8. The highest BCUT2D eigenvalue weighted by Gasteiger charge is 2.29. The summed E-state index contributed by atoms with van der Waals surface area (Å²) in [6.45, 7) is 0.0984. The van der Waals surface area contributed by atoms with Gasteiger partial charge in [-0.15, -0.1) is 0 Å². The fourth-order valence-corrected chi connectivity index (χ4v) is 10.6. The largest absolute Gasteiger partial charge is 0.447 e. The smallest absolute Gasteiger partial charge is 0.414 e. The van der Waals surface area contributed by atoms with Crippen LogP contribution in [-0.2, 0) is 53.1 Å². The van der Waals surface area contributed by atoms with Crippen molar-refractivity contribution in [2.75, 3.05) is 74.8 Å². The zero-order valence-corrected chi connectivity index (χ0v) is 61.7. The molecule has 112 heavy (non-hydrogen) atoms. The first-order valence-corrected chi connectivity index (χ1v) is 34.7. The van der Waals surface area contributed by atoms with Gasteiger partial charge in [0, 0.05) is 94.9 Å². The second kappa shape index (κ2) is 45.6. The molecule has 0 radical (unpaired) electrons. The third-order valence-electron chi connectivity index (χ3n) is 15.3. The molecule has 3 atom stereocenters. The van der Waals surface area contributed by atoms with Gasteiger partial charge >= 0.3 is 12.2 Å². The van der Waals surface area contributed by atoms with E-state index in [1.54, 1.807) is 36.4 Å². The van der Waals surface area contributed by atoms with Gasteiger partial charge in [0.25, 0.3) is 19.3 Å². The molecule has 0 saturated carbocycles. The van der Waals surface area contributed by atoms with E-state index in [4.69, 9.17) is 62.7 Å². The van der Waals surface area contributed by atoms with E-state index in [1.165, 1.54) is 93.6 Å². The van der Waals surface area contributed by atoms with Gasteiger partial charge in [-0.1, -0.05) is 159 Å². The summed E-state index contributed by atoms with van der Waals surface area (Å²) < 4.78 is 157. The zero-order chi connectivity index (χ0) is 81.2. The minimum atomic E-state index is -2.65. The summed E-state index contributed by atoms with van der Waals surface area (Å²) >= 11 is 17.9. The third-order valence-corrected chi connectivity index (χ3v) is 16.6. The lowest BCUT2D eigenvalue weighted by atomic mass is 10.1. The molecule has 0 unspecified atom stereocenters. The monoisotopic (exact) mass is 1640 g/mol. The van der Waals surface area contributed by atoms with Crippen LogP contribution < -0.4 is 47.9 Å². The number of nitrogens with one attached hydrogen (secondary N) is 8. The van der Waals surface area contributed by atoms with Crippen molar-refractivity contribution in [3.8, 4) is 33.8 Å². The van der Waals surface area contributed by atoms with Crippen molar-refractivity contribution in [1.29, 1.82) is 0 Å². The van der Waals surface area contributed by atoms with E-state index in [-0.39, 0.29) is 90.8 Å². The van der Waals surface area contributed by atoms with E-state index < -0.39 is 117 Å². The van der Waals surface area contributed by atoms with Gasteiger partial charge in [-0.3, -0.25) is 49.7 Å². The number of amides is 6. The average Bonchev–Trinajstić information content (AvgIpc) is 1.55. The van der Waals surface area contributed by atoms with Crippen molar-refractivity contribution in [2.24, 2.45) is 0 Å². The Balaban J connectivity index is 0.000000233. The van der Waals surface area contributed by atoms with Crippen molar-refractivity contribution >= 4 is 88.7 Å². The first-order valence-electron chi connectivity index (χ1n) is 33.5. The van der Waals surface area contributed by atoms with E-state index in [2.05, 4.69) is 58.3 Å². The number of carbonyl (C=O) groups excluding carboxylic acids is 6. The summed E-state index contributed by atoms with van der Waals surface area (Å²) in [6, 6.07) is 38.0. The normalized spacial score (nSPS) is 11.9. The molecule has 8 N–H and O–H groups in total. The minimum Gasteiger partial charge on any atom is -0.447 e. The molecule has 9 rings (SSSR count). The van der Waals surface area contributed by atoms with Gasteiger partial charge in [0.1, 0.15) is 47.9 Å². The number of hydrazine groups is 3. The molecule has 0 aliphatic rings. The Morgan fingerprint density at radius 1 is 0.446 bits per heavy atom. The Morgan fingerprint density at radius 3 is 1.21 bits per heavy atom. The van der Waals surface area contributed by atoms with Crippen molar-refractivity contribution in [3.05, 3.63) is 213 Å². The lowest BCUT2D eigenvalue weighted by Gasteiger charge is -2.32. The van der Waals surface area contributed by atoms with Crippen LogP contribution in [0.3, 0.4) is 0 Å². The van der Waals surface area contributed by atoms with Gasteiger partial charge in [-0.05, 0) is 47.0 Å². The highest BCUT2D eigenvalue weighted by molar-refractivity contribution is 6.32. The minimum absolute atomic E-state index is 0.0264. The number of aromatic nitrogens is 3. The number of ether oxygens (including phenoxy) is 2. The summed E-state index contributed by atoms with van der Waals surface area (Å²) in [5, 5.41) is 27.5. The molecule has 600 valence electrons. The summed E-state index contributed by atoms with van der Waals surface area (Å²) in [7, 11) is 0. The van der Waals surface area contributed by atoms with Gasteiger partial charge < -0.3 is 39.0 Å². The Bertz CT molecular complexity index is 4470. The number of halogens is 13. The van der Waals surface area contributed by atoms with Gasteiger partial charge in [0.05, 0.1) is 59.4 Å². The van der Waals surface area contributed by atoms with Crippen LogP contribution in [0.15, 0.2) is 171 Å². The molecule has 6 amide bonds. The second-order valence-corrected chi connectivity index (χ2v) is 24.7. The number of carbonyl (C=O) groups is 6. The third kappa shape index (κ3) is 28.8. The highest BCUT2D eigenvalue weighted by atomic mass is 35.5. The predicted molar refractivity (Wildman–Crippen MR) is 391 cm³/mol. The molecule has 27 nitrogen and oxygen atoms in total. The van der Waals surface area contributed by atoms with E-state index in [1.807, 2.05) is 48.5 Å². The van der Waals surface area contributed by atoms with Crippen LogP contribution in [0.1, 0.15) is 37.5 Å². The van der Waals surface area contributed by atoms with Crippen LogP contribution in [0.25, 0.3) is 33.8 Å². The highest BCUT2D eigenvalue weighted by Crippen LogP contribution is 2.28. The number of anilines is 3. The van der Waals surface area contributed by atoms with Crippen LogP contribution in [-0.4, -0.2) is 163 Å². The maximum Gasteiger partial charge on any atom is 0.414 e. The van der Waals surface area contributed by atoms with Crippen molar-refractivity contribution in [3.63, 3.8) is 0 Å². The summed E-state index contributed by atoms with van der Waals surface area (Å²) in [5.41, 5.74) is 12.2. The number of hydroxylamine groups is 1. The van der Waals surface area contributed by atoms with Crippen LogP contribution in [0.5, 0.6) is 0 Å². The molecule has 0 saturated heterocycles. The number of rotatable bonds is 38. The average molecular weight is 1640 g/mol. The Labute approximate surface area is 648 Å². The van der Waals surface area contributed by atoms with E-state index in [0.29, 0.717) is 40.1 Å². The molecule has 40 heteroatoms. The molecular formula is C72H74Cl3F10N15O12. The summed E-state index contributed by atoms with van der Waals surface area (Å²) in [4.78, 5) is 79.1. The van der Waals surface area contributed by atoms with Crippen LogP contribution >= 0.6 is 34.8 Å². The van der Waals surface area contributed by atoms with E-state index in [9.17, 15) is 72.7 Å². The van der Waals surface area contributed by atoms with Crippen molar-refractivity contribution in [1.82, 2.24) is 62.7 Å². The Morgan fingerprint density at radius 2 is 0.821 bits per heavy atom. The number of alkyl halides is 6. The maximum absolute atomic E-state index is 13.8. The maximum atomic E-state index is 13.8. The zero-order valence-electron chi connectivity index (χ0n) is 59.5.